The lowest BCUT2D eigenvalue weighted by Gasteiger charge is -2.25. The van der Waals surface area contributed by atoms with Crippen LogP contribution in [0.15, 0.2) is 48.5 Å². The third-order valence-corrected chi connectivity index (χ3v) is 5.36. The number of rotatable bonds is 5. The maximum absolute atomic E-state index is 12.7. The molecule has 0 N–H and O–H groups in total. The molecule has 4 rings (SSSR count). The molecule has 2 aromatic carbocycles. The second-order valence-electron chi connectivity index (χ2n) is 7.07. The van der Waals surface area contributed by atoms with Crippen molar-refractivity contribution < 1.29 is 8.78 Å². The van der Waals surface area contributed by atoms with Crippen LogP contribution in [0.2, 0.25) is 0 Å². The SMILES string of the molecule is Cc1nc2ccccc2n1CC1CCCN1Cc1ccc(C(F)F)cc1. The van der Waals surface area contributed by atoms with Crippen LogP contribution in [0.1, 0.15) is 36.2 Å². The summed E-state index contributed by atoms with van der Waals surface area (Å²) in [5.41, 5.74) is 3.40. The third-order valence-electron chi connectivity index (χ3n) is 5.36. The highest BCUT2D eigenvalue weighted by Gasteiger charge is 2.26. The smallest absolute Gasteiger partial charge is 0.263 e. The minimum Gasteiger partial charge on any atom is -0.327 e. The second kappa shape index (κ2) is 7.16. The van der Waals surface area contributed by atoms with Crippen LogP contribution in [0.25, 0.3) is 11.0 Å². The molecule has 0 radical (unpaired) electrons. The summed E-state index contributed by atoms with van der Waals surface area (Å²) >= 11 is 0. The standard InChI is InChI=1S/C21H23F2N3/c1-15-24-19-6-2-3-7-20(19)26(15)14-18-5-4-12-25(18)13-16-8-10-17(11-9-16)21(22)23/h2-3,6-11,18,21H,4-5,12-14H2,1H3. The number of benzene rings is 2. The molecule has 3 nitrogen and oxygen atoms in total. The van der Waals surface area contributed by atoms with Crippen LogP contribution < -0.4 is 0 Å². The molecule has 0 aliphatic carbocycles. The molecule has 0 saturated carbocycles. The van der Waals surface area contributed by atoms with E-state index in [1.807, 2.05) is 18.2 Å². The third kappa shape index (κ3) is 3.36. The van der Waals surface area contributed by atoms with E-state index in [0.29, 0.717) is 6.04 Å². The first-order chi connectivity index (χ1) is 12.6. The van der Waals surface area contributed by atoms with Gasteiger partial charge in [-0.1, -0.05) is 36.4 Å². The van der Waals surface area contributed by atoms with Gasteiger partial charge in [0.25, 0.3) is 6.43 Å². The lowest BCUT2D eigenvalue weighted by atomic mass is 10.1. The minimum atomic E-state index is -2.40. The maximum Gasteiger partial charge on any atom is 0.263 e. The van der Waals surface area contributed by atoms with E-state index in [2.05, 4.69) is 39.6 Å². The Balaban J connectivity index is 1.50. The first-order valence-electron chi connectivity index (χ1n) is 9.15. The molecule has 3 aromatic rings. The van der Waals surface area contributed by atoms with Crippen LogP contribution in [0, 0.1) is 6.92 Å². The van der Waals surface area contributed by atoms with E-state index >= 15 is 0 Å². The summed E-state index contributed by atoms with van der Waals surface area (Å²) in [6.07, 6.45) is -0.0759. The monoisotopic (exact) mass is 355 g/mol. The number of fused-ring (bicyclic) bond motifs is 1. The van der Waals surface area contributed by atoms with Crippen molar-refractivity contribution in [2.75, 3.05) is 6.54 Å². The molecular formula is C21H23F2N3. The van der Waals surface area contributed by atoms with Crippen molar-refractivity contribution in [3.63, 3.8) is 0 Å². The molecule has 0 spiro atoms. The van der Waals surface area contributed by atoms with Gasteiger partial charge in [0, 0.05) is 24.7 Å². The van der Waals surface area contributed by atoms with E-state index in [9.17, 15) is 8.78 Å². The summed E-state index contributed by atoms with van der Waals surface area (Å²) < 4.78 is 27.8. The van der Waals surface area contributed by atoms with Gasteiger partial charge < -0.3 is 4.57 Å². The van der Waals surface area contributed by atoms with E-state index in [1.54, 1.807) is 12.1 Å². The van der Waals surface area contributed by atoms with Crippen molar-refractivity contribution in [1.82, 2.24) is 14.5 Å². The average molecular weight is 355 g/mol. The number of para-hydroxylation sites is 2. The van der Waals surface area contributed by atoms with E-state index in [1.165, 1.54) is 11.9 Å². The Hall–Kier alpha value is -2.27. The average Bonchev–Trinajstić information content (AvgIpc) is 3.20. The summed E-state index contributed by atoms with van der Waals surface area (Å²) in [6, 6.07) is 15.4. The Morgan fingerprint density at radius 2 is 1.88 bits per heavy atom. The van der Waals surface area contributed by atoms with Gasteiger partial charge in [-0.2, -0.15) is 0 Å². The molecule has 1 unspecified atom stereocenters. The predicted molar refractivity (Wildman–Crippen MR) is 99.3 cm³/mol. The zero-order valence-corrected chi connectivity index (χ0v) is 14.9. The molecule has 1 fully saturated rings. The Kier molecular flexibility index (Phi) is 4.72. The molecule has 1 aromatic heterocycles. The van der Waals surface area contributed by atoms with Crippen LogP contribution >= 0.6 is 0 Å². The van der Waals surface area contributed by atoms with Gasteiger partial charge in [-0.25, -0.2) is 13.8 Å². The van der Waals surface area contributed by atoms with Crippen LogP contribution in [0.3, 0.4) is 0 Å². The van der Waals surface area contributed by atoms with Gasteiger partial charge in [-0.05, 0) is 44.0 Å². The summed E-state index contributed by atoms with van der Waals surface area (Å²) in [7, 11) is 0. The van der Waals surface area contributed by atoms with E-state index in [0.717, 1.165) is 43.0 Å². The van der Waals surface area contributed by atoms with Crippen molar-refractivity contribution in [3.8, 4) is 0 Å². The Morgan fingerprint density at radius 3 is 2.65 bits per heavy atom. The zero-order chi connectivity index (χ0) is 18.1. The van der Waals surface area contributed by atoms with Crippen molar-refractivity contribution >= 4 is 11.0 Å². The fourth-order valence-corrected chi connectivity index (χ4v) is 3.95. The lowest BCUT2D eigenvalue weighted by molar-refractivity contribution is 0.151. The van der Waals surface area contributed by atoms with Crippen LogP contribution in [0.4, 0.5) is 8.78 Å². The molecule has 1 atom stereocenters. The van der Waals surface area contributed by atoms with Gasteiger partial charge in [0.1, 0.15) is 5.82 Å². The van der Waals surface area contributed by atoms with Crippen molar-refractivity contribution in [2.45, 2.75) is 45.3 Å². The second-order valence-corrected chi connectivity index (χ2v) is 7.07. The van der Waals surface area contributed by atoms with E-state index in [4.69, 9.17) is 0 Å². The molecule has 136 valence electrons. The number of aromatic nitrogens is 2. The fraction of sp³-hybridized carbons (Fsp3) is 0.381. The number of alkyl halides is 2. The van der Waals surface area contributed by atoms with Gasteiger partial charge in [0.05, 0.1) is 11.0 Å². The number of hydrogen-bond donors (Lipinski definition) is 0. The molecule has 2 heterocycles. The van der Waals surface area contributed by atoms with E-state index < -0.39 is 6.43 Å². The van der Waals surface area contributed by atoms with Crippen LogP contribution in [-0.4, -0.2) is 27.0 Å². The first kappa shape index (κ1) is 17.2. The number of hydrogen-bond acceptors (Lipinski definition) is 2. The number of imidazole rings is 1. The Labute approximate surface area is 152 Å². The number of nitrogens with zero attached hydrogens (tertiary/aromatic N) is 3. The van der Waals surface area contributed by atoms with Crippen molar-refractivity contribution in [3.05, 3.63) is 65.5 Å². The molecule has 1 aliphatic heterocycles. The topological polar surface area (TPSA) is 21.1 Å². The highest BCUT2D eigenvalue weighted by Crippen LogP contribution is 2.25. The summed E-state index contributed by atoms with van der Waals surface area (Å²) in [5.74, 6) is 1.04. The fourth-order valence-electron chi connectivity index (χ4n) is 3.95. The number of aryl methyl sites for hydroxylation is 1. The molecule has 0 amide bonds. The van der Waals surface area contributed by atoms with Crippen molar-refractivity contribution in [1.29, 1.82) is 0 Å². The van der Waals surface area contributed by atoms with Gasteiger partial charge in [-0.3, -0.25) is 4.90 Å². The minimum absolute atomic E-state index is 0.0900. The molecule has 0 bridgehead atoms. The normalized spacial score (nSPS) is 18.2. The molecule has 5 heteroatoms. The predicted octanol–water partition coefficient (Wildman–Crippen LogP) is 4.95. The summed E-state index contributed by atoms with van der Waals surface area (Å²) in [4.78, 5) is 7.13. The number of likely N-dealkylation sites (tertiary alicyclic amines) is 1. The summed E-state index contributed by atoms with van der Waals surface area (Å²) in [6.45, 7) is 4.83. The molecule has 1 aliphatic rings. The van der Waals surface area contributed by atoms with Gasteiger partial charge in [0.2, 0.25) is 0 Å². The first-order valence-corrected chi connectivity index (χ1v) is 9.15. The van der Waals surface area contributed by atoms with Crippen LogP contribution in [0.5, 0.6) is 0 Å². The van der Waals surface area contributed by atoms with Gasteiger partial charge in [-0.15, -0.1) is 0 Å². The lowest BCUT2D eigenvalue weighted by Crippen LogP contribution is -2.32. The van der Waals surface area contributed by atoms with Crippen molar-refractivity contribution in [2.24, 2.45) is 0 Å². The molecule has 26 heavy (non-hydrogen) atoms. The maximum atomic E-state index is 12.7. The Bertz CT molecular complexity index is 886. The highest BCUT2D eigenvalue weighted by molar-refractivity contribution is 5.75. The van der Waals surface area contributed by atoms with Gasteiger partial charge in [0.15, 0.2) is 0 Å². The Morgan fingerprint density at radius 1 is 1.12 bits per heavy atom. The highest BCUT2D eigenvalue weighted by atomic mass is 19.3. The zero-order valence-electron chi connectivity index (χ0n) is 14.9. The van der Waals surface area contributed by atoms with Crippen LogP contribution in [-0.2, 0) is 13.1 Å². The summed E-state index contributed by atoms with van der Waals surface area (Å²) in [5, 5.41) is 0. The van der Waals surface area contributed by atoms with E-state index in [-0.39, 0.29) is 5.56 Å². The largest absolute Gasteiger partial charge is 0.327 e. The molecule has 1 saturated heterocycles. The quantitative estimate of drug-likeness (QED) is 0.646. The molecular weight excluding hydrogens is 332 g/mol. The number of halogens is 2. The van der Waals surface area contributed by atoms with Gasteiger partial charge >= 0.3 is 0 Å².